The number of allylic oxidation sites excluding steroid dienone is 4. The van der Waals surface area contributed by atoms with Crippen LogP contribution in [0.2, 0.25) is 0 Å². The van der Waals surface area contributed by atoms with Crippen molar-refractivity contribution in [2.75, 3.05) is 10.2 Å². The van der Waals surface area contributed by atoms with Crippen LogP contribution in [-0.4, -0.2) is 7.28 Å². The van der Waals surface area contributed by atoms with Gasteiger partial charge in [0.15, 0.2) is 7.28 Å². The number of aryl methyl sites for hydroxylation is 1. The zero-order valence-electron chi connectivity index (χ0n) is 44.0. The highest BCUT2D eigenvalue weighted by atomic mass is 32.1. The highest BCUT2D eigenvalue weighted by Gasteiger charge is 2.45. The van der Waals surface area contributed by atoms with E-state index >= 15 is 0 Å². The molecule has 0 bridgehead atoms. The molecule has 3 aliphatic rings. The Labute approximate surface area is 432 Å². The topological polar surface area (TPSA) is 15.3 Å². The van der Waals surface area contributed by atoms with Crippen LogP contribution in [0.15, 0.2) is 175 Å². The number of hydrogen-bond acceptors (Lipinski definition) is 3. The summed E-state index contributed by atoms with van der Waals surface area (Å²) in [6, 6.07) is 57.7. The Kier molecular flexibility index (Phi) is 11.0. The lowest BCUT2D eigenvalue weighted by atomic mass is 9.53. The van der Waals surface area contributed by atoms with Crippen molar-refractivity contribution in [3.05, 3.63) is 197 Å². The molecule has 1 aliphatic heterocycles. The second kappa shape index (κ2) is 17.0. The molecule has 0 unspecified atom stereocenters. The quantitative estimate of drug-likeness (QED) is 0.153. The van der Waals surface area contributed by atoms with Gasteiger partial charge in [-0.2, -0.15) is 0 Å². The molecule has 1 aromatic heterocycles. The van der Waals surface area contributed by atoms with Gasteiger partial charge in [-0.1, -0.05) is 195 Å². The molecule has 0 saturated heterocycles. The summed E-state index contributed by atoms with van der Waals surface area (Å²) >= 11 is 1.90. The Morgan fingerprint density at radius 2 is 1.36 bits per heavy atom. The summed E-state index contributed by atoms with van der Waals surface area (Å²) in [7, 11) is 0.812. The third-order valence-electron chi connectivity index (χ3n) is 16.9. The summed E-state index contributed by atoms with van der Waals surface area (Å²) in [5.41, 5.74) is 22.5. The molecule has 1 N–H and O–H groups in total. The molecule has 8 aromatic carbocycles. The van der Waals surface area contributed by atoms with Crippen molar-refractivity contribution in [1.82, 2.24) is 0 Å². The Balaban J connectivity index is 1.15. The van der Waals surface area contributed by atoms with Gasteiger partial charge in [0, 0.05) is 76.0 Å². The van der Waals surface area contributed by atoms with E-state index in [9.17, 15) is 0 Å². The number of rotatable bonds is 8. The highest BCUT2D eigenvalue weighted by Crippen LogP contribution is 2.55. The SMILES string of the molecule is Cc1cc(C(C)(C)CCC(C)(C)C)ccc1N1c2cc3c(cc2Bc2c(-c4c(Nc5ccccc5-c5ccccc5)ccc5sc6ccccc6c45)cc4ccccc4c21)C(C)(C)C1=C(C=CCC1)C3(C)C. The van der Waals surface area contributed by atoms with Gasteiger partial charge < -0.3 is 10.2 Å². The first kappa shape index (κ1) is 46.5. The average Bonchev–Trinajstić information content (AvgIpc) is 3.76. The first-order valence-electron chi connectivity index (χ1n) is 26.4. The van der Waals surface area contributed by atoms with E-state index in [-0.39, 0.29) is 21.7 Å². The van der Waals surface area contributed by atoms with E-state index in [1.54, 1.807) is 5.57 Å². The minimum absolute atomic E-state index is 0.0340. The minimum Gasteiger partial charge on any atom is -0.354 e. The normalized spacial score (nSPS) is 15.8. The van der Waals surface area contributed by atoms with E-state index in [1.165, 1.54) is 115 Å². The molecule has 12 rings (SSSR count). The van der Waals surface area contributed by atoms with E-state index in [0.29, 0.717) is 0 Å². The number of fused-ring (bicyclic) bond motifs is 8. The first-order chi connectivity index (χ1) is 34.5. The molecule has 0 fully saturated rings. The van der Waals surface area contributed by atoms with Crippen LogP contribution in [-0.2, 0) is 16.2 Å². The van der Waals surface area contributed by atoms with Crippen molar-refractivity contribution in [2.24, 2.45) is 5.41 Å². The number of benzene rings is 8. The molecular formula is C68H67BN2S. The Morgan fingerprint density at radius 3 is 2.15 bits per heavy atom. The zero-order valence-corrected chi connectivity index (χ0v) is 44.8. The second-order valence-corrected chi connectivity index (χ2v) is 25.1. The van der Waals surface area contributed by atoms with Crippen LogP contribution in [0.3, 0.4) is 0 Å². The maximum atomic E-state index is 4.12. The van der Waals surface area contributed by atoms with Crippen molar-refractivity contribution in [3.63, 3.8) is 0 Å². The average molecular weight is 955 g/mol. The summed E-state index contributed by atoms with van der Waals surface area (Å²) in [4.78, 5) is 2.70. The van der Waals surface area contributed by atoms with Crippen LogP contribution >= 0.6 is 11.3 Å². The molecular weight excluding hydrogens is 888 g/mol. The monoisotopic (exact) mass is 955 g/mol. The first-order valence-corrected chi connectivity index (χ1v) is 27.2. The molecule has 358 valence electrons. The molecule has 0 spiro atoms. The predicted octanol–water partition coefficient (Wildman–Crippen LogP) is 18.1. The van der Waals surface area contributed by atoms with Gasteiger partial charge in [-0.15, -0.1) is 11.3 Å². The van der Waals surface area contributed by atoms with Gasteiger partial charge in [-0.05, 0) is 136 Å². The third kappa shape index (κ3) is 7.58. The third-order valence-corrected chi connectivity index (χ3v) is 18.1. The maximum absolute atomic E-state index is 4.12. The highest BCUT2D eigenvalue weighted by molar-refractivity contribution is 7.26. The Hall–Kier alpha value is -6.62. The molecule has 0 amide bonds. The van der Waals surface area contributed by atoms with E-state index < -0.39 is 0 Å². The lowest BCUT2D eigenvalue weighted by molar-refractivity contribution is 0.315. The molecule has 72 heavy (non-hydrogen) atoms. The van der Waals surface area contributed by atoms with Gasteiger partial charge in [0.1, 0.15) is 0 Å². The number of nitrogens with one attached hydrogen (secondary N) is 1. The molecule has 9 aromatic rings. The molecule has 0 saturated carbocycles. The fourth-order valence-corrected chi connectivity index (χ4v) is 13.9. The van der Waals surface area contributed by atoms with Gasteiger partial charge in [0.05, 0.1) is 0 Å². The van der Waals surface area contributed by atoms with E-state index in [4.69, 9.17) is 0 Å². The number of anilines is 5. The van der Waals surface area contributed by atoms with E-state index in [0.717, 1.165) is 37.9 Å². The molecule has 2 aliphatic carbocycles. The fraction of sp³-hybridized carbons (Fsp3) is 0.265. The van der Waals surface area contributed by atoms with Crippen molar-refractivity contribution in [3.8, 4) is 22.3 Å². The number of thiophene rings is 1. The van der Waals surface area contributed by atoms with Crippen molar-refractivity contribution in [2.45, 2.75) is 111 Å². The standard InChI is InChI=1S/C68H67BN2S/c1-42-38-45(66(5,6)37-36-65(2,3)4)32-34-57(42)71-58-41-53-52(67(7,8)50-28-18-19-29-51(50)68(53,9)10)40-54(58)69-63-49(39-44-24-14-15-26-47(44)64(63)71)61-56(33-35-60-62(61)48-27-17-21-31-59(48)72-60)70-55-30-20-16-25-46(55)43-22-12-11-13-23-43/h11-17,19-27,29-35,38-41,69-70H,18,28,36-37H2,1-10H3. The number of hydrogen-bond donors (Lipinski definition) is 1. The summed E-state index contributed by atoms with van der Waals surface area (Å²) in [6.45, 7) is 24.3. The van der Waals surface area contributed by atoms with Crippen molar-refractivity contribution in [1.29, 1.82) is 0 Å². The Morgan fingerprint density at radius 1 is 0.639 bits per heavy atom. The van der Waals surface area contributed by atoms with Gasteiger partial charge in [0.2, 0.25) is 0 Å². The van der Waals surface area contributed by atoms with Crippen LogP contribution in [0.5, 0.6) is 0 Å². The number of nitrogens with zero attached hydrogens (tertiary/aromatic N) is 1. The summed E-state index contributed by atoms with van der Waals surface area (Å²) in [5, 5.41) is 9.24. The van der Waals surface area contributed by atoms with Crippen LogP contribution in [0.4, 0.5) is 28.4 Å². The minimum atomic E-state index is -0.149. The molecule has 0 radical (unpaired) electrons. The van der Waals surface area contributed by atoms with Crippen LogP contribution in [0.25, 0.3) is 53.2 Å². The van der Waals surface area contributed by atoms with Crippen molar-refractivity contribution < 1.29 is 0 Å². The maximum Gasteiger partial charge on any atom is 0.198 e. The van der Waals surface area contributed by atoms with Crippen LogP contribution in [0.1, 0.15) is 110 Å². The predicted molar refractivity (Wildman–Crippen MR) is 316 cm³/mol. The van der Waals surface area contributed by atoms with E-state index in [1.807, 2.05) is 11.3 Å². The lowest BCUT2D eigenvalue weighted by Gasteiger charge is -2.47. The van der Waals surface area contributed by atoms with Crippen molar-refractivity contribution >= 4 is 88.9 Å². The van der Waals surface area contributed by atoms with Gasteiger partial charge in [-0.3, -0.25) is 0 Å². The summed E-state index contributed by atoms with van der Waals surface area (Å²) in [6.07, 6.45) is 9.39. The van der Waals surface area contributed by atoms with Crippen LogP contribution < -0.4 is 21.1 Å². The molecule has 2 nitrogen and oxygen atoms in total. The van der Waals surface area contributed by atoms with Gasteiger partial charge in [0.25, 0.3) is 0 Å². The largest absolute Gasteiger partial charge is 0.354 e. The summed E-state index contributed by atoms with van der Waals surface area (Å²) in [5.74, 6) is 0. The Bertz CT molecular complexity index is 3720. The molecule has 2 heterocycles. The van der Waals surface area contributed by atoms with E-state index in [2.05, 4.69) is 243 Å². The smallest absolute Gasteiger partial charge is 0.198 e. The molecule has 4 heteroatoms. The zero-order chi connectivity index (χ0) is 49.9. The lowest BCUT2D eigenvalue weighted by Crippen LogP contribution is -2.44. The van der Waals surface area contributed by atoms with Gasteiger partial charge >= 0.3 is 0 Å². The second-order valence-electron chi connectivity index (χ2n) is 24.0. The summed E-state index contributed by atoms with van der Waals surface area (Å²) < 4.78 is 2.60. The molecule has 0 atom stereocenters. The van der Waals surface area contributed by atoms with Gasteiger partial charge in [-0.25, -0.2) is 0 Å². The fourth-order valence-electron chi connectivity index (χ4n) is 12.8. The number of para-hydroxylation sites is 1. The van der Waals surface area contributed by atoms with Crippen LogP contribution in [0, 0.1) is 12.3 Å².